The Kier molecular flexibility index (Phi) is 5.14. The molecule has 114 valence electrons. The Hall–Kier alpha value is -2.82. The van der Waals surface area contributed by atoms with Crippen molar-refractivity contribution in [3.63, 3.8) is 0 Å². The van der Waals surface area contributed by atoms with Gasteiger partial charge < -0.3 is 15.5 Å². The number of carbonyl (C=O) groups is 2. The highest BCUT2D eigenvalue weighted by molar-refractivity contribution is 5.95. The zero-order valence-corrected chi connectivity index (χ0v) is 12.7. The zero-order chi connectivity index (χ0) is 15.9. The normalized spacial score (nSPS) is 9.91. The van der Waals surface area contributed by atoms with E-state index in [0.717, 1.165) is 11.4 Å². The molecule has 0 bridgehead atoms. The van der Waals surface area contributed by atoms with Crippen molar-refractivity contribution in [2.24, 2.45) is 0 Å². The maximum atomic E-state index is 12.2. The largest absolute Gasteiger partial charge is 0.376 e. The van der Waals surface area contributed by atoms with E-state index in [4.69, 9.17) is 0 Å². The van der Waals surface area contributed by atoms with Crippen molar-refractivity contribution in [2.45, 2.75) is 6.92 Å². The lowest BCUT2D eigenvalue weighted by Crippen LogP contribution is -2.32. The Morgan fingerprint density at radius 2 is 1.68 bits per heavy atom. The average molecular weight is 297 g/mol. The number of nitrogens with one attached hydrogen (secondary N) is 2. The van der Waals surface area contributed by atoms with Gasteiger partial charge in [0, 0.05) is 31.0 Å². The van der Waals surface area contributed by atoms with Crippen LogP contribution in [-0.4, -0.2) is 25.4 Å². The fourth-order valence-electron chi connectivity index (χ4n) is 2.00. The molecule has 0 aromatic heterocycles. The smallest absolute Gasteiger partial charge is 0.246 e. The minimum absolute atomic E-state index is 0.0452. The standard InChI is InChI=1S/C17H19N3O2/c1-13(21)19-15-8-6-7-14(11-15)18-12-17(22)20(2)16-9-4-3-5-10-16/h3-11,18H,12H2,1-2H3,(H,19,21). The molecule has 0 aliphatic carbocycles. The number of benzene rings is 2. The first kappa shape index (κ1) is 15.6. The van der Waals surface area contributed by atoms with Crippen molar-refractivity contribution in [2.75, 3.05) is 29.1 Å². The van der Waals surface area contributed by atoms with Gasteiger partial charge in [-0.2, -0.15) is 0 Å². The molecule has 0 aliphatic heterocycles. The van der Waals surface area contributed by atoms with Crippen LogP contribution in [0.3, 0.4) is 0 Å². The van der Waals surface area contributed by atoms with Crippen LogP contribution in [0.4, 0.5) is 17.1 Å². The van der Waals surface area contributed by atoms with Crippen molar-refractivity contribution >= 4 is 28.9 Å². The predicted octanol–water partition coefficient (Wildman–Crippen LogP) is 2.72. The second-order valence-corrected chi connectivity index (χ2v) is 4.90. The first-order valence-electron chi connectivity index (χ1n) is 6.99. The highest BCUT2D eigenvalue weighted by Gasteiger charge is 2.10. The average Bonchev–Trinajstić information content (AvgIpc) is 2.52. The van der Waals surface area contributed by atoms with Crippen molar-refractivity contribution in [3.8, 4) is 0 Å². The molecule has 0 spiro atoms. The molecule has 2 aromatic rings. The zero-order valence-electron chi connectivity index (χ0n) is 12.7. The molecule has 0 aliphatic rings. The highest BCUT2D eigenvalue weighted by Crippen LogP contribution is 2.15. The van der Waals surface area contributed by atoms with Gasteiger partial charge in [0.25, 0.3) is 0 Å². The maximum Gasteiger partial charge on any atom is 0.246 e. The summed E-state index contributed by atoms with van der Waals surface area (Å²) in [5, 5.41) is 5.77. The number of rotatable bonds is 5. The van der Waals surface area contributed by atoms with Crippen molar-refractivity contribution in [3.05, 3.63) is 54.6 Å². The topological polar surface area (TPSA) is 61.4 Å². The Bertz CT molecular complexity index is 656. The molecule has 5 heteroatoms. The second kappa shape index (κ2) is 7.26. The Morgan fingerprint density at radius 3 is 2.36 bits per heavy atom. The third-order valence-electron chi connectivity index (χ3n) is 3.14. The molecular formula is C17H19N3O2. The number of anilines is 3. The number of para-hydroxylation sites is 1. The molecule has 0 unspecified atom stereocenters. The summed E-state index contributed by atoms with van der Waals surface area (Å²) >= 11 is 0. The van der Waals surface area contributed by atoms with Crippen LogP contribution in [-0.2, 0) is 9.59 Å². The van der Waals surface area contributed by atoms with E-state index in [1.807, 2.05) is 42.5 Å². The van der Waals surface area contributed by atoms with E-state index in [0.29, 0.717) is 5.69 Å². The summed E-state index contributed by atoms with van der Waals surface area (Å²) < 4.78 is 0. The van der Waals surface area contributed by atoms with Crippen molar-refractivity contribution < 1.29 is 9.59 Å². The lowest BCUT2D eigenvalue weighted by molar-refractivity contribution is -0.116. The molecule has 2 N–H and O–H groups in total. The summed E-state index contributed by atoms with van der Waals surface area (Å²) in [7, 11) is 1.74. The number of carbonyl (C=O) groups excluding carboxylic acids is 2. The van der Waals surface area contributed by atoms with E-state index in [1.165, 1.54) is 6.92 Å². The van der Waals surface area contributed by atoms with Gasteiger partial charge in [-0.25, -0.2) is 0 Å². The molecule has 0 heterocycles. The van der Waals surface area contributed by atoms with Gasteiger partial charge in [0.15, 0.2) is 0 Å². The lowest BCUT2D eigenvalue weighted by Gasteiger charge is -2.18. The van der Waals surface area contributed by atoms with Gasteiger partial charge in [-0.1, -0.05) is 24.3 Å². The highest BCUT2D eigenvalue weighted by atomic mass is 16.2. The number of hydrogen-bond donors (Lipinski definition) is 2. The van der Waals surface area contributed by atoms with E-state index in [2.05, 4.69) is 10.6 Å². The van der Waals surface area contributed by atoms with Crippen LogP contribution < -0.4 is 15.5 Å². The van der Waals surface area contributed by atoms with Crippen molar-refractivity contribution in [1.29, 1.82) is 0 Å². The molecule has 0 saturated carbocycles. The van der Waals surface area contributed by atoms with E-state index >= 15 is 0 Å². The van der Waals surface area contributed by atoms with Gasteiger partial charge in [-0.15, -0.1) is 0 Å². The van der Waals surface area contributed by atoms with Gasteiger partial charge in [-0.05, 0) is 30.3 Å². The van der Waals surface area contributed by atoms with Crippen LogP contribution >= 0.6 is 0 Å². The van der Waals surface area contributed by atoms with Gasteiger partial charge >= 0.3 is 0 Å². The molecule has 2 aromatic carbocycles. The first-order valence-corrected chi connectivity index (χ1v) is 6.99. The van der Waals surface area contributed by atoms with Gasteiger partial charge in [0.1, 0.15) is 0 Å². The molecule has 5 nitrogen and oxygen atoms in total. The first-order chi connectivity index (χ1) is 10.6. The fraction of sp³-hybridized carbons (Fsp3) is 0.176. The summed E-state index contributed by atoms with van der Waals surface area (Å²) in [4.78, 5) is 24.8. The van der Waals surface area contributed by atoms with Gasteiger partial charge in [0.2, 0.25) is 11.8 Å². The van der Waals surface area contributed by atoms with E-state index in [1.54, 1.807) is 24.1 Å². The van der Waals surface area contributed by atoms with E-state index in [-0.39, 0.29) is 18.4 Å². The molecule has 2 rings (SSSR count). The van der Waals surface area contributed by atoms with Crippen LogP contribution in [0.15, 0.2) is 54.6 Å². The van der Waals surface area contributed by atoms with Crippen LogP contribution in [0.5, 0.6) is 0 Å². The van der Waals surface area contributed by atoms with Crippen LogP contribution in [0.1, 0.15) is 6.92 Å². The van der Waals surface area contributed by atoms with E-state index < -0.39 is 0 Å². The van der Waals surface area contributed by atoms with Crippen molar-refractivity contribution in [1.82, 2.24) is 0 Å². The number of hydrogen-bond acceptors (Lipinski definition) is 3. The van der Waals surface area contributed by atoms with Gasteiger partial charge in [-0.3, -0.25) is 9.59 Å². The molecule has 0 saturated heterocycles. The summed E-state index contributed by atoms with van der Waals surface area (Å²) in [6, 6.07) is 16.7. The maximum absolute atomic E-state index is 12.2. The second-order valence-electron chi connectivity index (χ2n) is 4.90. The summed E-state index contributed by atoms with van der Waals surface area (Å²) in [6.07, 6.45) is 0. The number of nitrogens with zero attached hydrogens (tertiary/aromatic N) is 1. The van der Waals surface area contributed by atoms with Crippen LogP contribution in [0.2, 0.25) is 0 Å². The predicted molar refractivity (Wildman–Crippen MR) is 89.1 cm³/mol. The SMILES string of the molecule is CC(=O)Nc1cccc(NCC(=O)N(C)c2ccccc2)c1. The molecular weight excluding hydrogens is 278 g/mol. The monoisotopic (exact) mass is 297 g/mol. The Labute approximate surface area is 129 Å². The molecule has 22 heavy (non-hydrogen) atoms. The fourth-order valence-corrected chi connectivity index (χ4v) is 2.00. The summed E-state index contributed by atoms with van der Waals surface area (Å²) in [5.74, 6) is -0.173. The van der Waals surface area contributed by atoms with Crippen LogP contribution in [0.25, 0.3) is 0 Å². The third-order valence-corrected chi connectivity index (χ3v) is 3.14. The van der Waals surface area contributed by atoms with Crippen LogP contribution in [0, 0.1) is 0 Å². The number of likely N-dealkylation sites (N-methyl/N-ethyl adjacent to an activating group) is 1. The van der Waals surface area contributed by atoms with Gasteiger partial charge in [0.05, 0.1) is 6.54 Å². The molecule has 0 radical (unpaired) electrons. The molecule has 0 atom stereocenters. The Morgan fingerprint density at radius 1 is 1.00 bits per heavy atom. The summed E-state index contributed by atoms with van der Waals surface area (Å²) in [6.45, 7) is 1.63. The third kappa shape index (κ3) is 4.34. The minimum atomic E-state index is -0.128. The van der Waals surface area contributed by atoms with E-state index in [9.17, 15) is 9.59 Å². The lowest BCUT2D eigenvalue weighted by atomic mass is 10.2. The number of amides is 2. The molecule has 2 amide bonds. The Balaban J connectivity index is 1.95. The summed E-state index contributed by atoms with van der Waals surface area (Å²) in [5.41, 5.74) is 2.32. The molecule has 0 fully saturated rings. The minimum Gasteiger partial charge on any atom is -0.376 e. The quantitative estimate of drug-likeness (QED) is 0.892.